The second kappa shape index (κ2) is 5.21. The SMILES string of the molecule is CCC(C(C)C)n1cncc1-c1ccc(N)nc1. The van der Waals surface area contributed by atoms with Gasteiger partial charge in [-0.25, -0.2) is 9.97 Å². The molecule has 0 fully saturated rings. The summed E-state index contributed by atoms with van der Waals surface area (Å²) in [7, 11) is 0. The molecule has 2 aromatic rings. The zero-order chi connectivity index (χ0) is 13.1. The van der Waals surface area contributed by atoms with Gasteiger partial charge in [0.15, 0.2) is 0 Å². The molecule has 0 radical (unpaired) electrons. The number of hydrogen-bond donors (Lipinski definition) is 1. The topological polar surface area (TPSA) is 56.7 Å². The molecule has 18 heavy (non-hydrogen) atoms. The van der Waals surface area contributed by atoms with Crippen LogP contribution in [-0.4, -0.2) is 14.5 Å². The Kier molecular flexibility index (Phi) is 3.65. The molecule has 0 bridgehead atoms. The molecule has 4 heteroatoms. The standard InChI is InChI=1S/C14H20N4/c1-4-12(10(2)3)18-9-16-8-13(18)11-5-6-14(15)17-7-11/h5-10,12H,4H2,1-3H3,(H2,15,17). The average molecular weight is 244 g/mol. The van der Waals surface area contributed by atoms with Crippen LogP contribution in [0.5, 0.6) is 0 Å². The van der Waals surface area contributed by atoms with Gasteiger partial charge in [-0.3, -0.25) is 0 Å². The first-order valence-electron chi connectivity index (χ1n) is 6.37. The molecule has 1 atom stereocenters. The van der Waals surface area contributed by atoms with Crippen molar-refractivity contribution in [2.45, 2.75) is 33.2 Å². The van der Waals surface area contributed by atoms with Crippen LogP contribution in [0.3, 0.4) is 0 Å². The summed E-state index contributed by atoms with van der Waals surface area (Å²) in [5, 5.41) is 0. The molecule has 2 heterocycles. The van der Waals surface area contributed by atoms with Gasteiger partial charge < -0.3 is 10.3 Å². The van der Waals surface area contributed by atoms with E-state index < -0.39 is 0 Å². The normalized spacial score (nSPS) is 12.9. The van der Waals surface area contributed by atoms with E-state index in [9.17, 15) is 0 Å². The Balaban J connectivity index is 2.41. The molecule has 0 saturated heterocycles. The van der Waals surface area contributed by atoms with Crippen LogP contribution in [-0.2, 0) is 0 Å². The van der Waals surface area contributed by atoms with Gasteiger partial charge >= 0.3 is 0 Å². The van der Waals surface area contributed by atoms with E-state index >= 15 is 0 Å². The number of nitrogens with zero attached hydrogens (tertiary/aromatic N) is 3. The highest BCUT2D eigenvalue weighted by atomic mass is 15.1. The highest BCUT2D eigenvalue weighted by molar-refractivity contribution is 5.59. The van der Waals surface area contributed by atoms with Crippen molar-refractivity contribution >= 4 is 5.82 Å². The lowest BCUT2D eigenvalue weighted by Gasteiger charge is -2.23. The maximum Gasteiger partial charge on any atom is 0.123 e. The molecule has 96 valence electrons. The minimum atomic E-state index is 0.458. The molecule has 4 nitrogen and oxygen atoms in total. The molecule has 0 amide bonds. The van der Waals surface area contributed by atoms with Crippen LogP contribution in [0.15, 0.2) is 30.9 Å². The van der Waals surface area contributed by atoms with Gasteiger partial charge in [-0.1, -0.05) is 20.8 Å². The summed E-state index contributed by atoms with van der Waals surface area (Å²) in [4.78, 5) is 8.42. The molecular formula is C14H20N4. The van der Waals surface area contributed by atoms with E-state index in [-0.39, 0.29) is 0 Å². The van der Waals surface area contributed by atoms with Crippen molar-refractivity contribution in [3.8, 4) is 11.3 Å². The third-order valence-electron chi connectivity index (χ3n) is 3.29. The first-order chi connectivity index (χ1) is 8.63. The summed E-state index contributed by atoms with van der Waals surface area (Å²) in [5.74, 6) is 1.12. The molecule has 2 N–H and O–H groups in total. The number of imidazole rings is 1. The summed E-state index contributed by atoms with van der Waals surface area (Å²) >= 11 is 0. The van der Waals surface area contributed by atoms with Crippen molar-refractivity contribution in [2.75, 3.05) is 5.73 Å². The van der Waals surface area contributed by atoms with Crippen molar-refractivity contribution in [1.82, 2.24) is 14.5 Å². The van der Waals surface area contributed by atoms with E-state index in [0.717, 1.165) is 17.7 Å². The van der Waals surface area contributed by atoms with Crippen LogP contribution >= 0.6 is 0 Å². The van der Waals surface area contributed by atoms with E-state index in [1.165, 1.54) is 0 Å². The minimum absolute atomic E-state index is 0.458. The smallest absolute Gasteiger partial charge is 0.123 e. The zero-order valence-corrected chi connectivity index (χ0v) is 11.2. The van der Waals surface area contributed by atoms with Crippen LogP contribution in [0.25, 0.3) is 11.3 Å². The van der Waals surface area contributed by atoms with E-state index in [4.69, 9.17) is 5.73 Å². The van der Waals surface area contributed by atoms with Crippen LogP contribution < -0.4 is 5.73 Å². The average Bonchev–Trinajstić information content (AvgIpc) is 2.79. The maximum absolute atomic E-state index is 5.62. The Labute approximate surface area is 108 Å². The van der Waals surface area contributed by atoms with Gasteiger partial charge in [-0.15, -0.1) is 0 Å². The van der Waals surface area contributed by atoms with Crippen molar-refractivity contribution in [3.05, 3.63) is 30.9 Å². The lowest BCUT2D eigenvalue weighted by Crippen LogP contribution is -2.14. The quantitative estimate of drug-likeness (QED) is 0.899. The summed E-state index contributed by atoms with van der Waals surface area (Å²) in [6.07, 6.45) is 6.68. The summed E-state index contributed by atoms with van der Waals surface area (Å²) in [6, 6.07) is 4.27. The number of pyridine rings is 1. The largest absolute Gasteiger partial charge is 0.384 e. The summed E-state index contributed by atoms with van der Waals surface area (Å²) in [6.45, 7) is 6.67. The molecule has 1 unspecified atom stereocenters. The van der Waals surface area contributed by atoms with Gasteiger partial charge in [-0.05, 0) is 24.5 Å². The first-order valence-corrected chi connectivity index (χ1v) is 6.37. The highest BCUT2D eigenvalue weighted by Crippen LogP contribution is 2.28. The Bertz CT molecular complexity index is 499. The van der Waals surface area contributed by atoms with E-state index in [2.05, 4.69) is 35.3 Å². The van der Waals surface area contributed by atoms with Crippen molar-refractivity contribution in [2.24, 2.45) is 5.92 Å². The van der Waals surface area contributed by atoms with Crippen LogP contribution in [0.2, 0.25) is 0 Å². The second-order valence-corrected chi connectivity index (χ2v) is 4.88. The van der Waals surface area contributed by atoms with Gasteiger partial charge in [0.1, 0.15) is 5.82 Å². The number of hydrogen-bond acceptors (Lipinski definition) is 3. The Morgan fingerprint density at radius 1 is 1.28 bits per heavy atom. The molecular weight excluding hydrogens is 224 g/mol. The highest BCUT2D eigenvalue weighted by Gasteiger charge is 2.16. The van der Waals surface area contributed by atoms with Crippen molar-refractivity contribution in [1.29, 1.82) is 0 Å². The molecule has 0 saturated carbocycles. The first kappa shape index (κ1) is 12.6. The molecule has 2 rings (SSSR count). The number of aromatic nitrogens is 3. The fourth-order valence-corrected chi connectivity index (χ4v) is 2.34. The summed E-state index contributed by atoms with van der Waals surface area (Å²) < 4.78 is 2.23. The maximum atomic E-state index is 5.62. The van der Waals surface area contributed by atoms with Crippen LogP contribution in [0.1, 0.15) is 33.2 Å². The Hall–Kier alpha value is -1.84. The van der Waals surface area contributed by atoms with Crippen molar-refractivity contribution < 1.29 is 0 Å². The number of nitrogens with two attached hydrogens (primary N) is 1. The lowest BCUT2D eigenvalue weighted by molar-refractivity contribution is 0.368. The number of anilines is 1. The van der Waals surface area contributed by atoms with Gasteiger partial charge in [-0.2, -0.15) is 0 Å². The van der Waals surface area contributed by atoms with Crippen LogP contribution in [0.4, 0.5) is 5.82 Å². The predicted octanol–water partition coefficient (Wildman–Crippen LogP) is 3.13. The van der Waals surface area contributed by atoms with Crippen molar-refractivity contribution in [3.63, 3.8) is 0 Å². The minimum Gasteiger partial charge on any atom is -0.384 e. The molecule has 0 aliphatic heterocycles. The molecule has 0 spiro atoms. The molecule has 2 aromatic heterocycles. The second-order valence-electron chi connectivity index (χ2n) is 4.88. The van der Waals surface area contributed by atoms with E-state index in [0.29, 0.717) is 17.8 Å². The van der Waals surface area contributed by atoms with E-state index in [1.807, 2.05) is 24.7 Å². The Morgan fingerprint density at radius 2 is 2.06 bits per heavy atom. The summed E-state index contributed by atoms with van der Waals surface area (Å²) in [5.41, 5.74) is 7.78. The third-order valence-corrected chi connectivity index (χ3v) is 3.29. The third kappa shape index (κ3) is 2.37. The van der Waals surface area contributed by atoms with E-state index in [1.54, 1.807) is 6.20 Å². The number of rotatable bonds is 4. The van der Waals surface area contributed by atoms with Crippen LogP contribution in [0, 0.1) is 5.92 Å². The van der Waals surface area contributed by atoms with Gasteiger partial charge in [0.25, 0.3) is 0 Å². The predicted molar refractivity (Wildman–Crippen MR) is 74.0 cm³/mol. The van der Waals surface area contributed by atoms with Gasteiger partial charge in [0, 0.05) is 17.8 Å². The monoisotopic (exact) mass is 244 g/mol. The Morgan fingerprint density at radius 3 is 2.61 bits per heavy atom. The fraction of sp³-hybridized carbons (Fsp3) is 0.429. The van der Waals surface area contributed by atoms with Gasteiger partial charge in [0.2, 0.25) is 0 Å². The molecule has 0 aliphatic carbocycles. The fourth-order valence-electron chi connectivity index (χ4n) is 2.34. The zero-order valence-electron chi connectivity index (χ0n) is 11.2. The number of nitrogen functional groups attached to an aromatic ring is 1. The lowest BCUT2D eigenvalue weighted by atomic mass is 10.0. The van der Waals surface area contributed by atoms with Gasteiger partial charge in [0.05, 0.1) is 18.2 Å². The molecule has 0 aromatic carbocycles. The molecule has 0 aliphatic rings.